The summed E-state index contributed by atoms with van der Waals surface area (Å²) >= 11 is 3.63. The Labute approximate surface area is 111 Å². The van der Waals surface area contributed by atoms with Crippen LogP contribution in [0.1, 0.15) is 11.7 Å². The summed E-state index contributed by atoms with van der Waals surface area (Å²) in [5, 5.41) is 14.7. The molecule has 1 aliphatic rings. The van der Waals surface area contributed by atoms with Gasteiger partial charge in [-0.2, -0.15) is 0 Å². The number of primary sulfonamides is 1. The molecule has 1 aromatic rings. The van der Waals surface area contributed by atoms with Crippen LogP contribution in [0, 0.1) is 0 Å². The van der Waals surface area contributed by atoms with Gasteiger partial charge in [-0.25, -0.2) is 22.0 Å². The summed E-state index contributed by atoms with van der Waals surface area (Å²) < 4.78 is 45.5. The Hall–Kier alpha value is -0.000000000000000187. The van der Waals surface area contributed by atoms with Gasteiger partial charge < -0.3 is 5.11 Å². The van der Waals surface area contributed by atoms with Crippen LogP contribution in [0.3, 0.4) is 0 Å². The van der Waals surface area contributed by atoms with E-state index in [-0.39, 0.29) is 19.7 Å². The molecule has 0 aliphatic carbocycles. The quantitative estimate of drug-likeness (QED) is 0.682. The van der Waals surface area contributed by atoms with Crippen molar-refractivity contribution in [2.45, 2.75) is 19.3 Å². The largest absolute Gasteiger partial charge is 0.387 e. The molecule has 17 heavy (non-hydrogen) atoms. The molecule has 0 saturated heterocycles. The number of hydrogen-bond acceptors (Lipinski definition) is 6. The van der Waals surface area contributed by atoms with Gasteiger partial charge in [-0.05, 0) is 6.07 Å². The number of sulfonamides is 1. The van der Waals surface area contributed by atoms with E-state index in [1.807, 2.05) is 0 Å². The predicted molar refractivity (Wildman–Crippen MR) is 65.4 cm³/mol. The zero-order chi connectivity index (χ0) is 13.0. The van der Waals surface area contributed by atoms with E-state index >= 15 is 0 Å². The highest BCUT2D eigenvalue weighted by Crippen LogP contribution is 2.41. The molecule has 0 bridgehead atoms. The standard InChI is InChI=1S/C7H8BrNO5S3/c8-4-2-16(11,12)7-3(6(4)10)1-5(15-7)17(9,13)14/h1,4,6,10H,2H2,(H2,9,13,14). The zero-order valence-corrected chi connectivity index (χ0v) is 12.2. The number of fused-ring (bicyclic) bond motifs is 1. The maximum absolute atomic E-state index is 11.8. The van der Waals surface area contributed by atoms with Crippen molar-refractivity contribution >= 4 is 47.1 Å². The molecule has 0 radical (unpaired) electrons. The number of aliphatic hydroxyl groups excluding tert-OH is 1. The number of halogens is 1. The van der Waals surface area contributed by atoms with Crippen LogP contribution in [0.4, 0.5) is 0 Å². The van der Waals surface area contributed by atoms with Gasteiger partial charge in [0.05, 0.1) is 16.7 Å². The van der Waals surface area contributed by atoms with Gasteiger partial charge >= 0.3 is 0 Å². The molecular formula is C7H8BrNO5S3. The number of nitrogens with two attached hydrogens (primary N) is 1. The zero-order valence-electron chi connectivity index (χ0n) is 8.20. The molecule has 1 aromatic heterocycles. The maximum atomic E-state index is 11.8. The molecule has 1 aliphatic heterocycles. The number of alkyl halides is 1. The lowest BCUT2D eigenvalue weighted by molar-refractivity contribution is 0.177. The first-order chi connectivity index (χ1) is 7.63. The van der Waals surface area contributed by atoms with Crippen molar-refractivity contribution in [1.82, 2.24) is 0 Å². The highest BCUT2D eigenvalue weighted by molar-refractivity contribution is 9.09. The first kappa shape index (κ1) is 13.4. The monoisotopic (exact) mass is 361 g/mol. The van der Waals surface area contributed by atoms with E-state index < -0.39 is 30.8 Å². The fourth-order valence-corrected chi connectivity index (χ4v) is 6.96. The van der Waals surface area contributed by atoms with E-state index in [2.05, 4.69) is 15.9 Å². The van der Waals surface area contributed by atoms with Crippen LogP contribution in [0.5, 0.6) is 0 Å². The van der Waals surface area contributed by atoms with Gasteiger partial charge in [0.25, 0.3) is 0 Å². The maximum Gasteiger partial charge on any atom is 0.247 e. The van der Waals surface area contributed by atoms with Crippen molar-refractivity contribution in [3.63, 3.8) is 0 Å². The lowest BCUT2D eigenvalue weighted by atomic mass is 10.1. The third-order valence-corrected chi connectivity index (χ3v) is 8.53. The molecule has 0 amide bonds. The molecule has 2 atom stereocenters. The van der Waals surface area contributed by atoms with Gasteiger partial charge in [0.15, 0.2) is 9.84 Å². The smallest absolute Gasteiger partial charge is 0.247 e. The summed E-state index contributed by atoms with van der Waals surface area (Å²) in [7, 11) is -7.53. The second kappa shape index (κ2) is 4.00. The Balaban J connectivity index is 2.72. The molecule has 2 rings (SSSR count). The SMILES string of the molecule is NS(=O)(=O)c1cc2c(s1)S(=O)(=O)CC(Br)C2O. The third-order valence-electron chi connectivity index (χ3n) is 2.31. The number of thiophene rings is 1. The Morgan fingerprint density at radius 2 is 2.12 bits per heavy atom. The number of rotatable bonds is 1. The van der Waals surface area contributed by atoms with Crippen molar-refractivity contribution in [3.05, 3.63) is 11.6 Å². The first-order valence-electron chi connectivity index (χ1n) is 4.34. The van der Waals surface area contributed by atoms with Gasteiger partial charge in [0.1, 0.15) is 8.42 Å². The average molecular weight is 362 g/mol. The molecule has 2 unspecified atom stereocenters. The van der Waals surface area contributed by atoms with Crippen molar-refractivity contribution in [2.75, 3.05) is 5.75 Å². The number of hydrogen-bond donors (Lipinski definition) is 2. The topological polar surface area (TPSA) is 115 Å². The van der Waals surface area contributed by atoms with Gasteiger partial charge in [-0.3, -0.25) is 0 Å². The van der Waals surface area contributed by atoms with Gasteiger partial charge in [-0.1, -0.05) is 15.9 Å². The summed E-state index contributed by atoms with van der Waals surface area (Å²) in [5.74, 6) is -0.272. The Kier molecular flexibility index (Phi) is 3.16. The lowest BCUT2D eigenvalue weighted by Gasteiger charge is -2.22. The first-order valence-corrected chi connectivity index (χ1v) is 9.27. The molecule has 3 N–H and O–H groups in total. The van der Waals surface area contributed by atoms with E-state index in [4.69, 9.17) is 5.14 Å². The fraction of sp³-hybridized carbons (Fsp3) is 0.429. The van der Waals surface area contributed by atoms with Crippen LogP contribution in [-0.2, 0) is 19.9 Å². The van der Waals surface area contributed by atoms with E-state index in [0.717, 1.165) is 6.07 Å². The molecule has 10 heteroatoms. The minimum Gasteiger partial charge on any atom is -0.387 e. The van der Waals surface area contributed by atoms with Gasteiger partial charge in [0.2, 0.25) is 10.0 Å². The van der Waals surface area contributed by atoms with E-state index in [0.29, 0.717) is 11.3 Å². The van der Waals surface area contributed by atoms with E-state index in [1.54, 1.807) is 0 Å². The van der Waals surface area contributed by atoms with Crippen LogP contribution in [0.2, 0.25) is 0 Å². The Bertz CT molecular complexity index is 662. The molecule has 0 spiro atoms. The number of aliphatic hydroxyl groups is 1. The minimum atomic E-state index is -3.96. The molecule has 0 aromatic carbocycles. The number of sulfone groups is 1. The summed E-state index contributed by atoms with van der Waals surface area (Å²) in [6.45, 7) is 0. The van der Waals surface area contributed by atoms with Crippen LogP contribution in [0.15, 0.2) is 14.5 Å². The van der Waals surface area contributed by atoms with Gasteiger partial charge in [-0.15, -0.1) is 11.3 Å². The fourth-order valence-electron chi connectivity index (χ4n) is 1.53. The van der Waals surface area contributed by atoms with Crippen molar-refractivity contribution in [3.8, 4) is 0 Å². The van der Waals surface area contributed by atoms with Crippen molar-refractivity contribution in [2.24, 2.45) is 5.14 Å². The van der Waals surface area contributed by atoms with Crippen LogP contribution >= 0.6 is 27.3 Å². The minimum absolute atomic E-state index is 0.0900. The summed E-state index contributed by atoms with van der Waals surface area (Å²) in [6.07, 6.45) is -1.06. The Morgan fingerprint density at radius 3 is 2.65 bits per heavy atom. The molecule has 6 nitrogen and oxygen atoms in total. The van der Waals surface area contributed by atoms with Crippen LogP contribution in [-0.4, -0.2) is 32.5 Å². The van der Waals surface area contributed by atoms with Crippen LogP contribution < -0.4 is 5.14 Å². The highest BCUT2D eigenvalue weighted by atomic mass is 79.9. The van der Waals surface area contributed by atoms with Crippen molar-refractivity contribution < 1.29 is 21.9 Å². The molecule has 96 valence electrons. The normalized spacial score (nSPS) is 27.7. The average Bonchev–Trinajstić information content (AvgIpc) is 2.58. The Morgan fingerprint density at radius 1 is 1.53 bits per heavy atom. The summed E-state index contributed by atoms with van der Waals surface area (Å²) in [6, 6.07) is 1.12. The van der Waals surface area contributed by atoms with E-state index in [9.17, 15) is 21.9 Å². The third kappa shape index (κ3) is 2.29. The molecule has 0 fully saturated rings. The molecule has 0 saturated carbocycles. The summed E-state index contributed by atoms with van der Waals surface area (Å²) in [5.41, 5.74) is 0.0900. The molecule has 2 heterocycles. The van der Waals surface area contributed by atoms with Gasteiger partial charge in [0, 0.05) is 5.56 Å². The lowest BCUT2D eigenvalue weighted by Crippen LogP contribution is -2.28. The van der Waals surface area contributed by atoms with Crippen LogP contribution in [0.25, 0.3) is 0 Å². The van der Waals surface area contributed by atoms with Crippen molar-refractivity contribution in [1.29, 1.82) is 0 Å². The molecular weight excluding hydrogens is 354 g/mol. The van der Waals surface area contributed by atoms with E-state index in [1.165, 1.54) is 0 Å². The summed E-state index contributed by atoms with van der Waals surface area (Å²) in [4.78, 5) is -0.650. The second-order valence-corrected chi connectivity index (χ2v) is 9.84. The second-order valence-electron chi connectivity index (χ2n) is 3.60. The highest BCUT2D eigenvalue weighted by Gasteiger charge is 2.38. The predicted octanol–water partition coefficient (Wildman–Crippen LogP) is -0.0203.